The van der Waals surface area contributed by atoms with E-state index < -0.39 is 0 Å². The van der Waals surface area contributed by atoms with Crippen LogP contribution in [0.3, 0.4) is 0 Å². The third-order valence-electron chi connectivity index (χ3n) is 13.6. The van der Waals surface area contributed by atoms with Crippen LogP contribution in [-0.2, 0) is 10.8 Å². The molecule has 0 aliphatic heterocycles. The molecule has 1 unspecified atom stereocenters. The molecule has 0 spiro atoms. The van der Waals surface area contributed by atoms with Crippen LogP contribution in [-0.4, -0.2) is 0 Å². The minimum atomic E-state index is -0.0345. The van der Waals surface area contributed by atoms with Gasteiger partial charge in [0.2, 0.25) is 0 Å². The standard InChI is InChI=1S/C58H47N/c1-57(2)53-18-9-7-16-49(53)51-32-26-44(36-55(51)57)39-22-28-46(29-23-39)59(48-15-11-14-42(35-48)43-21-20-38-12-5-6-13-41(38)34-43)47-30-24-40(25-31-47)45-27-33-52-50-17-8-10-19-54(50)58(3,4)56(52)37-45/h5-13,15-37,42H,14H2,1-4H3. The molecule has 0 saturated carbocycles. The number of rotatable bonds is 6. The third-order valence-corrected chi connectivity index (χ3v) is 13.6. The summed E-state index contributed by atoms with van der Waals surface area (Å²) in [5, 5.41) is 2.57. The second-order valence-corrected chi connectivity index (χ2v) is 17.7. The Bertz CT molecular complexity index is 2860. The monoisotopic (exact) mass is 757 g/mol. The number of nitrogens with zero attached hydrogens (tertiary/aromatic N) is 1. The number of allylic oxidation sites excluding steroid dienone is 3. The summed E-state index contributed by atoms with van der Waals surface area (Å²) in [5.41, 5.74) is 20.7. The van der Waals surface area contributed by atoms with Gasteiger partial charge in [-0.3, -0.25) is 0 Å². The first-order chi connectivity index (χ1) is 28.7. The average molecular weight is 758 g/mol. The zero-order chi connectivity index (χ0) is 39.9. The normalized spacial score (nSPS) is 16.5. The van der Waals surface area contributed by atoms with Crippen LogP contribution in [0.5, 0.6) is 0 Å². The van der Waals surface area contributed by atoms with Crippen LogP contribution in [0.4, 0.5) is 11.4 Å². The van der Waals surface area contributed by atoms with Crippen LogP contribution in [0.2, 0.25) is 0 Å². The highest BCUT2D eigenvalue weighted by Crippen LogP contribution is 2.51. The van der Waals surface area contributed by atoms with Crippen LogP contribution in [0, 0.1) is 0 Å². The molecular weight excluding hydrogens is 711 g/mol. The summed E-state index contributed by atoms with van der Waals surface area (Å²) >= 11 is 0. The average Bonchev–Trinajstić information content (AvgIpc) is 3.66. The largest absolute Gasteiger partial charge is 0.311 e. The molecule has 0 heterocycles. The van der Waals surface area contributed by atoms with E-state index in [1.807, 2.05) is 0 Å². The predicted octanol–water partition coefficient (Wildman–Crippen LogP) is 15.6. The molecule has 8 aromatic carbocycles. The van der Waals surface area contributed by atoms with Gasteiger partial charge in [-0.15, -0.1) is 0 Å². The summed E-state index contributed by atoms with van der Waals surface area (Å²) in [5.74, 6) is 0.276. The molecule has 0 aromatic heterocycles. The second-order valence-electron chi connectivity index (χ2n) is 17.7. The molecule has 284 valence electrons. The van der Waals surface area contributed by atoms with Crippen molar-refractivity contribution in [1.29, 1.82) is 0 Å². The molecule has 0 saturated heterocycles. The lowest BCUT2D eigenvalue weighted by atomic mass is 9.81. The summed E-state index contributed by atoms with van der Waals surface area (Å²) < 4.78 is 0. The van der Waals surface area contributed by atoms with Crippen LogP contribution in [0.25, 0.3) is 55.3 Å². The van der Waals surface area contributed by atoms with Crippen LogP contribution in [0.1, 0.15) is 67.9 Å². The highest BCUT2D eigenvalue weighted by atomic mass is 15.1. The molecule has 3 aliphatic carbocycles. The van der Waals surface area contributed by atoms with E-state index in [0.717, 1.165) is 17.8 Å². The van der Waals surface area contributed by atoms with E-state index in [2.05, 4.69) is 227 Å². The Hall–Kier alpha value is -6.70. The second kappa shape index (κ2) is 13.4. The Morgan fingerprint density at radius 1 is 0.424 bits per heavy atom. The van der Waals surface area contributed by atoms with Gasteiger partial charge in [0, 0.05) is 33.8 Å². The van der Waals surface area contributed by atoms with Crippen molar-refractivity contribution in [3.05, 3.63) is 228 Å². The molecule has 0 bridgehead atoms. The lowest BCUT2D eigenvalue weighted by molar-refractivity contribution is 0.660. The molecular formula is C58H47N. The lowest BCUT2D eigenvalue weighted by Crippen LogP contribution is -2.18. The maximum Gasteiger partial charge on any atom is 0.0461 e. The van der Waals surface area contributed by atoms with Gasteiger partial charge in [-0.25, -0.2) is 0 Å². The molecule has 1 nitrogen and oxygen atoms in total. The lowest BCUT2D eigenvalue weighted by Gasteiger charge is -2.30. The molecule has 8 aromatic rings. The molecule has 0 radical (unpaired) electrons. The molecule has 0 fully saturated rings. The maximum absolute atomic E-state index is 2.46. The first-order valence-electron chi connectivity index (χ1n) is 21.1. The molecule has 1 atom stereocenters. The zero-order valence-electron chi connectivity index (χ0n) is 34.2. The summed E-state index contributed by atoms with van der Waals surface area (Å²) in [6.07, 6.45) is 8.09. The van der Waals surface area contributed by atoms with Crippen molar-refractivity contribution < 1.29 is 0 Å². The molecule has 0 N–H and O–H groups in total. The van der Waals surface area contributed by atoms with Crippen molar-refractivity contribution in [1.82, 2.24) is 0 Å². The van der Waals surface area contributed by atoms with Gasteiger partial charge in [-0.05, 0) is 132 Å². The highest BCUT2D eigenvalue weighted by Gasteiger charge is 2.36. The highest BCUT2D eigenvalue weighted by molar-refractivity contribution is 5.86. The molecule has 1 heteroatoms. The number of fused-ring (bicyclic) bond motifs is 7. The maximum atomic E-state index is 2.46. The van der Waals surface area contributed by atoms with Gasteiger partial charge < -0.3 is 4.90 Å². The van der Waals surface area contributed by atoms with Crippen molar-refractivity contribution in [2.45, 2.75) is 50.9 Å². The molecule has 11 rings (SSSR count). The topological polar surface area (TPSA) is 3.24 Å². The van der Waals surface area contributed by atoms with E-state index >= 15 is 0 Å². The van der Waals surface area contributed by atoms with Crippen molar-refractivity contribution >= 4 is 22.1 Å². The van der Waals surface area contributed by atoms with Crippen LogP contribution in [0.15, 0.2) is 200 Å². The van der Waals surface area contributed by atoms with E-state index in [1.165, 1.54) is 88.8 Å². The van der Waals surface area contributed by atoms with Crippen molar-refractivity contribution in [2.24, 2.45) is 0 Å². The van der Waals surface area contributed by atoms with E-state index in [-0.39, 0.29) is 16.7 Å². The SMILES string of the molecule is CC1(C)c2ccccc2-c2ccc(-c3ccc(N(C4=CC(c5ccc6ccccc6c5)CC=C4)c4ccc(-c5ccc6c(c5)C(C)(C)c5ccccc5-6)cc4)cc3)cc21. The minimum absolute atomic E-state index is 0.0345. The van der Waals surface area contributed by atoms with E-state index in [1.54, 1.807) is 0 Å². The Morgan fingerprint density at radius 2 is 0.898 bits per heavy atom. The molecule has 0 amide bonds. The van der Waals surface area contributed by atoms with Gasteiger partial charge in [-0.1, -0.05) is 179 Å². The first-order valence-corrected chi connectivity index (χ1v) is 21.1. The van der Waals surface area contributed by atoms with Gasteiger partial charge in [0.05, 0.1) is 0 Å². The van der Waals surface area contributed by atoms with Crippen LogP contribution < -0.4 is 4.90 Å². The fraction of sp³-hybridized carbons (Fsp3) is 0.138. The van der Waals surface area contributed by atoms with Gasteiger partial charge in [0.1, 0.15) is 0 Å². The molecule has 3 aliphatic rings. The Morgan fingerprint density at radius 3 is 1.46 bits per heavy atom. The van der Waals surface area contributed by atoms with Gasteiger partial charge >= 0.3 is 0 Å². The summed E-state index contributed by atoms with van der Waals surface area (Å²) in [7, 11) is 0. The van der Waals surface area contributed by atoms with Gasteiger partial charge in [0.15, 0.2) is 0 Å². The predicted molar refractivity (Wildman–Crippen MR) is 250 cm³/mol. The first kappa shape index (κ1) is 35.5. The van der Waals surface area contributed by atoms with E-state index in [9.17, 15) is 0 Å². The van der Waals surface area contributed by atoms with Crippen molar-refractivity contribution in [2.75, 3.05) is 4.90 Å². The summed E-state index contributed by atoms with van der Waals surface area (Å²) in [6, 6.07) is 65.8. The molecule has 59 heavy (non-hydrogen) atoms. The van der Waals surface area contributed by atoms with Crippen molar-refractivity contribution in [3.63, 3.8) is 0 Å². The minimum Gasteiger partial charge on any atom is -0.311 e. The Balaban J connectivity index is 0.963. The van der Waals surface area contributed by atoms with E-state index in [4.69, 9.17) is 0 Å². The number of benzene rings is 8. The van der Waals surface area contributed by atoms with E-state index in [0.29, 0.717) is 0 Å². The zero-order valence-corrected chi connectivity index (χ0v) is 34.2. The quantitative estimate of drug-likeness (QED) is 0.163. The Kier molecular flexibility index (Phi) is 8.07. The number of anilines is 2. The number of hydrogen-bond donors (Lipinski definition) is 0. The van der Waals surface area contributed by atoms with Gasteiger partial charge in [0.25, 0.3) is 0 Å². The Labute approximate surface area is 348 Å². The smallest absolute Gasteiger partial charge is 0.0461 e. The fourth-order valence-electron chi connectivity index (χ4n) is 10.3. The van der Waals surface area contributed by atoms with Crippen LogP contribution >= 0.6 is 0 Å². The fourth-order valence-corrected chi connectivity index (χ4v) is 10.3. The third kappa shape index (κ3) is 5.75. The summed E-state index contributed by atoms with van der Waals surface area (Å²) in [4.78, 5) is 2.43. The van der Waals surface area contributed by atoms with Crippen molar-refractivity contribution in [3.8, 4) is 44.5 Å². The van der Waals surface area contributed by atoms with Gasteiger partial charge in [-0.2, -0.15) is 0 Å². The summed E-state index contributed by atoms with van der Waals surface area (Å²) in [6.45, 7) is 9.42. The number of hydrogen-bond acceptors (Lipinski definition) is 1.